The number of hydrogen-bond donors (Lipinski definition) is 1. The van der Waals surface area contributed by atoms with Crippen LogP contribution in [-0.2, 0) is 0 Å². The lowest BCUT2D eigenvalue weighted by atomic mass is 10.0. The molecule has 1 N–H and O–H groups in total. The Morgan fingerprint density at radius 1 is 1.42 bits per heavy atom. The number of nitrogens with zero attached hydrogens (tertiary/aromatic N) is 3. The standard InChI is InChI=1S/C15H17N3O/c1-11(19)14-6-3-12(10-17)9-15(14)18(8-2-7-16)13-4-5-13/h3,6,9,11,13,19H,2,4-5,8H2,1H3/t11-/m0/s1. The van der Waals surface area contributed by atoms with Gasteiger partial charge in [0.25, 0.3) is 0 Å². The van der Waals surface area contributed by atoms with E-state index in [2.05, 4.69) is 17.0 Å². The fourth-order valence-electron chi connectivity index (χ4n) is 2.27. The number of anilines is 1. The second-order valence-electron chi connectivity index (χ2n) is 4.89. The van der Waals surface area contributed by atoms with Crippen molar-refractivity contribution in [3.63, 3.8) is 0 Å². The van der Waals surface area contributed by atoms with Crippen LogP contribution in [0.4, 0.5) is 5.69 Å². The number of hydrogen-bond acceptors (Lipinski definition) is 4. The third-order valence-electron chi connectivity index (χ3n) is 3.37. The number of rotatable bonds is 5. The van der Waals surface area contributed by atoms with Crippen molar-refractivity contribution < 1.29 is 5.11 Å². The van der Waals surface area contributed by atoms with E-state index in [1.165, 1.54) is 0 Å². The average molecular weight is 255 g/mol. The van der Waals surface area contributed by atoms with E-state index >= 15 is 0 Å². The zero-order valence-corrected chi connectivity index (χ0v) is 11.0. The first-order chi connectivity index (χ1) is 9.17. The molecule has 0 aliphatic heterocycles. The summed E-state index contributed by atoms with van der Waals surface area (Å²) in [4.78, 5) is 2.16. The van der Waals surface area contributed by atoms with Crippen LogP contribution in [0.15, 0.2) is 18.2 Å². The molecule has 0 spiro atoms. The second-order valence-corrected chi connectivity index (χ2v) is 4.89. The van der Waals surface area contributed by atoms with Gasteiger partial charge in [-0.2, -0.15) is 10.5 Å². The molecule has 1 aliphatic carbocycles. The molecule has 0 saturated heterocycles. The summed E-state index contributed by atoms with van der Waals surface area (Å²) in [5, 5.41) is 27.7. The van der Waals surface area contributed by atoms with Crippen molar-refractivity contribution in [3.05, 3.63) is 29.3 Å². The van der Waals surface area contributed by atoms with Gasteiger partial charge in [-0.05, 0) is 31.9 Å². The number of benzene rings is 1. The van der Waals surface area contributed by atoms with Gasteiger partial charge in [0, 0.05) is 23.8 Å². The Hall–Kier alpha value is -2.04. The van der Waals surface area contributed by atoms with E-state index in [0.717, 1.165) is 24.1 Å². The lowest BCUT2D eigenvalue weighted by Gasteiger charge is -2.27. The summed E-state index contributed by atoms with van der Waals surface area (Å²) in [6, 6.07) is 10.1. The minimum absolute atomic E-state index is 0.444. The molecule has 1 atom stereocenters. The second kappa shape index (κ2) is 5.73. The molecule has 4 nitrogen and oxygen atoms in total. The predicted molar refractivity (Wildman–Crippen MR) is 72.4 cm³/mol. The zero-order chi connectivity index (χ0) is 13.8. The molecule has 4 heteroatoms. The van der Waals surface area contributed by atoms with Gasteiger partial charge in [0.2, 0.25) is 0 Å². The summed E-state index contributed by atoms with van der Waals surface area (Å²) in [6.07, 6.45) is 2.10. The summed E-state index contributed by atoms with van der Waals surface area (Å²) in [5.74, 6) is 0. The van der Waals surface area contributed by atoms with Crippen LogP contribution in [0.1, 0.15) is 43.4 Å². The Morgan fingerprint density at radius 3 is 2.68 bits per heavy atom. The van der Waals surface area contributed by atoms with E-state index in [4.69, 9.17) is 10.5 Å². The zero-order valence-electron chi connectivity index (χ0n) is 11.0. The first-order valence-electron chi connectivity index (χ1n) is 6.53. The number of aliphatic hydroxyl groups is 1. The highest BCUT2D eigenvalue weighted by atomic mass is 16.3. The molecular formula is C15H17N3O. The maximum absolute atomic E-state index is 9.87. The maximum Gasteiger partial charge on any atom is 0.0992 e. The van der Waals surface area contributed by atoms with Gasteiger partial charge in [0.1, 0.15) is 0 Å². The van der Waals surface area contributed by atoms with Crippen LogP contribution in [0.5, 0.6) is 0 Å². The van der Waals surface area contributed by atoms with Gasteiger partial charge in [-0.1, -0.05) is 6.07 Å². The summed E-state index contributed by atoms with van der Waals surface area (Å²) in [6.45, 7) is 2.37. The van der Waals surface area contributed by atoms with Crippen LogP contribution in [0.25, 0.3) is 0 Å². The SMILES string of the molecule is C[C@H](O)c1ccc(C#N)cc1N(CCC#N)C1CC1. The summed E-state index contributed by atoms with van der Waals surface area (Å²) in [7, 11) is 0. The third-order valence-corrected chi connectivity index (χ3v) is 3.37. The fourth-order valence-corrected chi connectivity index (χ4v) is 2.27. The molecule has 0 unspecified atom stereocenters. The van der Waals surface area contributed by atoms with Crippen LogP contribution in [0, 0.1) is 22.7 Å². The van der Waals surface area contributed by atoms with Crippen molar-refractivity contribution in [3.8, 4) is 12.1 Å². The Labute approximate surface area is 113 Å². The topological polar surface area (TPSA) is 71.0 Å². The molecule has 1 saturated carbocycles. The van der Waals surface area contributed by atoms with Gasteiger partial charge >= 0.3 is 0 Å². The highest BCUT2D eigenvalue weighted by Gasteiger charge is 2.30. The Bertz CT molecular complexity index is 535. The van der Waals surface area contributed by atoms with Crippen molar-refractivity contribution >= 4 is 5.69 Å². The molecule has 0 aromatic heterocycles. The molecule has 0 heterocycles. The lowest BCUT2D eigenvalue weighted by molar-refractivity contribution is 0.199. The molecule has 1 aromatic rings. The third kappa shape index (κ3) is 3.05. The van der Waals surface area contributed by atoms with Crippen LogP contribution < -0.4 is 4.90 Å². The Morgan fingerprint density at radius 2 is 2.16 bits per heavy atom. The predicted octanol–water partition coefficient (Wildman–Crippen LogP) is 2.49. The highest BCUT2D eigenvalue weighted by Crippen LogP contribution is 2.36. The van der Waals surface area contributed by atoms with E-state index in [1.807, 2.05) is 6.07 Å². The number of aliphatic hydroxyl groups excluding tert-OH is 1. The van der Waals surface area contributed by atoms with Gasteiger partial charge in [0.15, 0.2) is 0 Å². The lowest BCUT2D eigenvalue weighted by Crippen LogP contribution is -2.28. The minimum Gasteiger partial charge on any atom is -0.389 e. The smallest absolute Gasteiger partial charge is 0.0992 e. The largest absolute Gasteiger partial charge is 0.389 e. The average Bonchev–Trinajstić information content (AvgIpc) is 3.23. The van der Waals surface area contributed by atoms with Crippen LogP contribution >= 0.6 is 0 Å². The quantitative estimate of drug-likeness (QED) is 0.877. The molecule has 0 radical (unpaired) electrons. The molecule has 1 aliphatic rings. The van der Waals surface area contributed by atoms with Crippen molar-refractivity contribution in [2.75, 3.05) is 11.4 Å². The van der Waals surface area contributed by atoms with E-state index in [9.17, 15) is 5.11 Å². The van der Waals surface area contributed by atoms with Crippen molar-refractivity contribution in [1.82, 2.24) is 0 Å². The van der Waals surface area contributed by atoms with Gasteiger partial charge in [0.05, 0.1) is 30.2 Å². The van der Waals surface area contributed by atoms with E-state index < -0.39 is 6.10 Å². The van der Waals surface area contributed by atoms with Crippen molar-refractivity contribution in [2.45, 2.75) is 38.3 Å². The Kier molecular flexibility index (Phi) is 4.04. The van der Waals surface area contributed by atoms with Crippen molar-refractivity contribution in [1.29, 1.82) is 10.5 Å². The summed E-state index contributed by atoms with van der Waals surface area (Å²) in [5.41, 5.74) is 2.30. The Balaban J connectivity index is 2.38. The van der Waals surface area contributed by atoms with Crippen molar-refractivity contribution in [2.24, 2.45) is 0 Å². The molecule has 0 amide bonds. The first kappa shape index (κ1) is 13.4. The van der Waals surface area contributed by atoms with Crippen LogP contribution in [0.3, 0.4) is 0 Å². The fraction of sp³-hybridized carbons (Fsp3) is 0.467. The monoisotopic (exact) mass is 255 g/mol. The maximum atomic E-state index is 9.87. The normalized spacial score (nSPS) is 15.4. The van der Waals surface area contributed by atoms with E-state index in [-0.39, 0.29) is 0 Å². The number of nitriles is 2. The molecule has 98 valence electrons. The molecule has 0 bridgehead atoms. The van der Waals surface area contributed by atoms with Gasteiger partial charge in [-0.25, -0.2) is 0 Å². The molecule has 2 rings (SSSR count). The molecule has 1 fully saturated rings. The van der Waals surface area contributed by atoms with Gasteiger partial charge in [-0.3, -0.25) is 0 Å². The summed E-state index contributed by atoms with van der Waals surface area (Å²) >= 11 is 0. The van der Waals surface area contributed by atoms with Gasteiger partial charge < -0.3 is 10.0 Å². The van der Waals surface area contributed by atoms with Crippen LogP contribution in [0.2, 0.25) is 0 Å². The van der Waals surface area contributed by atoms with E-state index in [0.29, 0.717) is 24.6 Å². The summed E-state index contributed by atoms with van der Waals surface area (Å²) < 4.78 is 0. The minimum atomic E-state index is -0.578. The molecule has 1 aromatic carbocycles. The molecule has 19 heavy (non-hydrogen) atoms. The van der Waals surface area contributed by atoms with Crippen LogP contribution in [-0.4, -0.2) is 17.7 Å². The van der Waals surface area contributed by atoms with Gasteiger partial charge in [-0.15, -0.1) is 0 Å². The van der Waals surface area contributed by atoms with E-state index in [1.54, 1.807) is 19.1 Å². The molecular weight excluding hydrogens is 238 g/mol. The highest BCUT2D eigenvalue weighted by molar-refractivity contribution is 5.60. The first-order valence-corrected chi connectivity index (χ1v) is 6.53.